The molecule has 0 fully saturated rings. The maximum absolute atomic E-state index is 13.1. The standard InChI is InChI=1S/C22H22Cl2N4O4/c1-4-28-16(13-27-9-8-15(26-27)12-25-31-3)11-19(29)20(22(30)32-5-2)21(28)14-6-7-17(23)18(24)10-14/h6-12H,4-5,13H2,1-3H3/b25-12+. The molecule has 0 atom stereocenters. The largest absolute Gasteiger partial charge is 0.462 e. The highest BCUT2D eigenvalue weighted by atomic mass is 35.5. The van der Waals surface area contributed by atoms with Gasteiger partial charge in [0.05, 0.1) is 35.1 Å². The zero-order chi connectivity index (χ0) is 23.3. The second-order valence-electron chi connectivity index (χ2n) is 6.67. The molecule has 0 amide bonds. The predicted octanol–water partition coefficient (Wildman–Crippen LogP) is 4.24. The second kappa shape index (κ2) is 10.5. The molecule has 0 saturated carbocycles. The van der Waals surface area contributed by atoms with Crippen LogP contribution in [0, 0.1) is 0 Å². The molecule has 3 aromatic rings. The van der Waals surface area contributed by atoms with Crippen LogP contribution in [0.2, 0.25) is 10.0 Å². The Morgan fingerprint density at radius 2 is 1.97 bits per heavy atom. The van der Waals surface area contributed by atoms with Crippen LogP contribution in [-0.4, -0.2) is 40.2 Å². The van der Waals surface area contributed by atoms with Crippen molar-refractivity contribution < 1.29 is 14.4 Å². The van der Waals surface area contributed by atoms with Gasteiger partial charge in [-0.3, -0.25) is 9.48 Å². The van der Waals surface area contributed by atoms with Crippen molar-refractivity contribution >= 4 is 35.4 Å². The van der Waals surface area contributed by atoms with E-state index in [9.17, 15) is 9.59 Å². The smallest absolute Gasteiger partial charge is 0.344 e. The SMILES string of the molecule is CCOC(=O)c1c(-c2ccc(Cl)c(Cl)c2)n(CC)c(Cn2ccc(/C=N/OC)n2)cc1=O. The molecule has 1 aromatic carbocycles. The van der Waals surface area contributed by atoms with Crippen molar-refractivity contribution in [3.8, 4) is 11.3 Å². The van der Waals surface area contributed by atoms with Gasteiger partial charge in [-0.15, -0.1) is 0 Å². The summed E-state index contributed by atoms with van der Waals surface area (Å²) in [5.41, 5.74) is 1.76. The summed E-state index contributed by atoms with van der Waals surface area (Å²) in [4.78, 5) is 30.5. The Bertz CT molecular complexity index is 1220. The molecule has 10 heteroatoms. The van der Waals surface area contributed by atoms with Gasteiger partial charge >= 0.3 is 5.97 Å². The number of carbonyl (C=O) groups is 1. The maximum atomic E-state index is 13.1. The van der Waals surface area contributed by atoms with E-state index in [-0.39, 0.29) is 12.2 Å². The molecule has 3 rings (SSSR count). The number of hydrogen-bond donors (Lipinski definition) is 0. The highest BCUT2D eigenvalue weighted by molar-refractivity contribution is 6.42. The lowest BCUT2D eigenvalue weighted by Crippen LogP contribution is -2.25. The molecule has 0 spiro atoms. The molecule has 0 saturated heterocycles. The van der Waals surface area contributed by atoms with Crippen LogP contribution in [0.3, 0.4) is 0 Å². The first-order chi connectivity index (χ1) is 15.4. The van der Waals surface area contributed by atoms with Crippen molar-refractivity contribution in [3.63, 3.8) is 0 Å². The van der Waals surface area contributed by atoms with Crippen molar-refractivity contribution in [2.45, 2.75) is 26.9 Å². The van der Waals surface area contributed by atoms with E-state index in [1.165, 1.54) is 19.4 Å². The lowest BCUT2D eigenvalue weighted by molar-refractivity contribution is 0.0525. The fourth-order valence-electron chi connectivity index (χ4n) is 3.34. The average Bonchev–Trinajstić information content (AvgIpc) is 3.21. The number of rotatable bonds is 8. The van der Waals surface area contributed by atoms with Gasteiger partial charge in [0.1, 0.15) is 18.4 Å². The van der Waals surface area contributed by atoms with Gasteiger partial charge in [0, 0.05) is 30.1 Å². The third-order valence-corrected chi connectivity index (χ3v) is 5.40. The zero-order valence-corrected chi connectivity index (χ0v) is 19.4. The van der Waals surface area contributed by atoms with E-state index in [0.29, 0.717) is 45.8 Å². The summed E-state index contributed by atoms with van der Waals surface area (Å²) >= 11 is 12.3. The summed E-state index contributed by atoms with van der Waals surface area (Å²) in [6, 6.07) is 8.17. The summed E-state index contributed by atoms with van der Waals surface area (Å²) in [5, 5.41) is 8.79. The molecule has 168 valence electrons. The Balaban J connectivity index is 2.19. The minimum absolute atomic E-state index is 0.0516. The minimum atomic E-state index is -0.690. The highest BCUT2D eigenvalue weighted by Crippen LogP contribution is 2.31. The van der Waals surface area contributed by atoms with Crippen molar-refractivity contribution in [2.75, 3.05) is 13.7 Å². The molecule has 32 heavy (non-hydrogen) atoms. The first-order valence-corrected chi connectivity index (χ1v) is 10.6. The number of oxime groups is 1. The molecule has 0 aliphatic rings. The molecular weight excluding hydrogens is 455 g/mol. The van der Waals surface area contributed by atoms with E-state index in [2.05, 4.69) is 15.1 Å². The number of ether oxygens (including phenoxy) is 1. The van der Waals surface area contributed by atoms with Crippen molar-refractivity contribution in [2.24, 2.45) is 5.16 Å². The molecule has 2 aromatic heterocycles. The van der Waals surface area contributed by atoms with Crippen LogP contribution in [0.1, 0.15) is 35.6 Å². The number of esters is 1. The van der Waals surface area contributed by atoms with Gasteiger partial charge in [-0.05, 0) is 32.0 Å². The Hall–Kier alpha value is -3.10. The van der Waals surface area contributed by atoms with Crippen molar-refractivity contribution in [3.05, 3.63) is 73.7 Å². The number of nitrogens with zero attached hydrogens (tertiary/aromatic N) is 4. The second-order valence-corrected chi connectivity index (χ2v) is 7.49. The maximum Gasteiger partial charge on any atom is 0.344 e. The lowest BCUT2D eigenvalue weighted by Gasteiger charge is -2.20. The molecule has 0 N–H and O–H groups in total. The molecule has 0 radical (unpaired) electrons. The summed E-state index contributed by atoms with van der Waals surface area (Å²) in [5.74, 6) is -0.690. The fraction of sp³-hybridized carbons (Fsp3) is 0.273. The van der Waals surface area contributed by atoms with Crippen LogP contribution >= 0.6 is 23.2 Å². The molecule has 8 nitrogen and oxygen atoms in total. The average molecular weight is 477 g/mol. The Morgan fingerprint density at radius 1 is 1.19 bits per heavy atom. The van der Waals surface area contributed by atoms with E-state index >= 15 is 0 Å². The van der Waals surface area contributed by atoms with Crippen LogP contribution in [-0.2, 0) is 22.7 Å². The van der Waals surface area contributed by atoms with Gasteiger partial charge in [0.25, 0.3) is 0 Å². The summed E-state index contributed by atoms with van der Waals surface area (Å²) in [6.45, 7) is 4.53. The normalized spacial score (nSPS) is 11.2. The first kappa shape index (κ1) is 23.6. The van der Waals surface area contributed by atoms with E-state index in [4.69, 9.17) is 27.9 Å². The van der Waals surface area contributed by atoms with Gasteiger partial charge in [-0.25, -0.2) is 4.79 Å². The van der Waals surface area contributed by atoms with Gasteiger partial charge in [-0.1, -0.05) is 34.4 Å². The topological polar surface area (TPSA) is 87.7 Å². The van der Waals surface area contributed by atoms with Crippen LogP contribution in [0.5, 0.6) is 0 Å². The van der Waals surface area contributed by atoms with Gasteiger partial charge in [-0.2, -0.15) is 5.10 Å². The Morgan fingerprint density at radius 3 is 2.62 bits per heavy atom. The van der Waals surface area contributed by atoms with Crippen molar-refractivity contribution in [1.29, 1.82) is 0 Å². The van der Waals surface area contributed by atoms with E-state index in [1.54, 1.807) is 42.1 Å². The number of benzene rings is 1. The highest BCUT2D eigenvalue weighted by Gasteiger charge is 2.24. The monoisotopic (exact) mass is 476 g/mol. The minimum Gasteiger partial charge on any atom is -0.462 e. The zero-order valence-electron chi connectivity index (χ0n) is 17.8. The summed E-state index contributed by atoms with van der Waals surface area (Å²) in [7, 11) is 1.45. The predicted molar refractivity (Wildman–Crippen MR) is 124 cm³/mol. The first-order valence-electron chi connectivity index (χ1n) is 9.88. The van der Waals surface area contributed by atoms with E-state index in [1.807, 2.05) is 11.5 Å². The van der Waals surface area contributed by atoms with E-state index < -0.39 is 11.4 Å². The summed E-state index contributed by atoms with van der Waals surface area (Å²) < 4.78 is 8.71. The van der Waals surface area contributed by atoms with Crippen LogP contribution in [0.25, 0.3) is 11.3 Å². The molecule has 0 unspecified atom stereocenters. The number of aromatic nitrogens is 3. The fourth-order valence-corrected chi connectivity index (χ4v) is 3.64. The van der Waals surface area contributed by atoms with Crippen LogP contribution < -0.4 is 5.43 Å². The quantitative estimate of drug-likeness (QED) is 0.275. The third kappa shape index (κ3) is 5.03. The van der Waals surface area contributed by atoms with Crippen LogP contribution in [0.4, 0.5) is 0 Å². The Kier molecular flexibility index (Phi) is 7.71. The molecule has 0 aliphatic carbocycles. The van der Waals surface area contributed by atoms with E-state index in [0.717, 1.165) is 0 Å². The molecule has 2 heterocycles. The number of halogens is 2. The molecular formula is C22H22Cl2N4O4. The molecule has 0 bridgehead atoms. The number of hydrogen-bond acceptors (Lipinski definition) is 6. The number of carbonyl (C=O) groups excluding carboxylic acids is 1. The van der Waals surface area contributed by atoms with Gasteiger partial charge in [0.2, 0.25) is 0 Å². The lowest BCUT2D eigenvalue weighted by atomic mass is 10.0. The number of pyridine rings is 1. The summed E-state index contributed by atoms with van der Waals surface area (Å²) in [6.07, 6.45) is 3.24. The van der Waals surface area contributed by atoms with Crippen molar-refractivity contribution in [1.82, 2.24) is 14.3 Å². The van der Waals surface area contributed by atoms with Gasteiger partial charge < -0.3 is 14.1 Å². The van der Waals surface area contributed by atoms with Gasteiger partial charge in [0.15, 0.2) is 5.43 Å². The Labute approximate surface area is 195 Å². The van der Waals surface area contributed by atoms with Crippen LogP contribution in [0.15, 0.2) is 46.5 Å². The molecule has 0 aliphatic heterocycles. The third-order valence-electron chi connectivity index (χ3n) is 4.66.